The maximum Gasteiger partial charge on any atom is 0.416 e. The lowest BCUT2D eigenvalue weighted by Gasteiger charge is -2.45. The van der Waals surface area contributed by atoms with Crippen LogP contribution in [0.15, 0.2) is 53.5 Å². The van der Waals surface area contributed by atoms with E-state index >= 15 is 0 Å². The normalized spacial score (nSPS) is 21.2. The first-order valence-electron chi connectivity index (χ1n) is 13.9. The number of carbonyl (C=O) groups excluding carboxylic acids is 2. The van der Waals surface area contributed by atoms with Crippen molar-refractivity contribution in [1.29, 1.82) is 0 Å². The largest absolute Gasteiger partial charge is 0.481 e. The summed E-state index contributed by atoms with van der Waals surface area (Å²) in [7, 11) is 0. The van der Waals surface area contributed by atoms with Crippen LogP contribution in [0.2, 0.25) is 0 Å². The number of rotatable bonds is 8. The minimum absolute atomic E-state index is 0.0271. The van der Waals surface area contributed by atoms with E-state index in [9.17, 15) is 27.6 Å². The Morgan fingerprint density at radius 2 is 1.73 bits per heavy atom. The molecule has 2 N–H and O–H groups in total. The van der Waals surface area contributed by atoms with Gasteiger partial charge in [-0.25, -0.2) is 0 Å². The molecule has 2 amide bonds. The average molecular weight is 572 g/mol. The van der Waals surface area contributed by atoms with E-state index in [1.807, 2.05) is 0 Å². The molecule has 10 heteroatoms. The summed E-state index contributed by atoms with van der Waals surface area (Å²) < 4.78 is 40.3. The van der Waals surface area contributed by atoms with Crippen molar-refractivity contribution >= 4 is 23.5 Å². The van der Waals surface area contributed by atoms with Crippen LogP contribution in [0.3, 0.4) is 0 Å². The molecule has 0 saturated heterocycles. The van der Waals surface area contributed by atoms with Gasteiger partial charge in [0.15, 0.2) is 0 Å². The third kappa shape index (κ3) is 6.97. The number of nitrogens with one attached hydrogen (secondary N) is 1. The highest BCUT2D eigenvalue weighted by atomic mass is 19.4. The van der Waals surface area contributed by atoms with Crippen LogP contribution in [-0.4, -0.2) is 52.3 Å². The summed E-state index contributed by atoms with van der Waals surface area (Å²) in [5, 5.41) is 11.3. The number of amides is 2. The smallest absolute Gasteiger partial charge is 0.416 e. The summed E-state index contributed by atoms with van der Waals surface area (Å²) in [6.07, 6.45) is -1.23. The third-order valence-electron chi connectivity index (χ3n) is 8.21. The minimum atomic E-state index is -4.53. The van der Waals surface area contributed by atoms with Crippen LogP contribution >= 0.6 is 0 Å². The predicted molar refractivity (Wildman–Crippen MR) is 149 cm³/mol. The van der Waals surface area contributed by atoms with Crippen LogP contribution in [0.4, 0.5) is 13.2 Å². The van der Waals surface area contributed by atoms with Gasteiger partial charge in [-0.3, -0.25) is 19.4 Å². The van der Waals surface area contributed by atoms with E-state index in [0.717, 1.165) is 30.5 Å². The van der Waals surface area contributed by atoms with Gasteiger partial charge in [0, 0.05) is 24.2 Å². The Morgan fingerprint density at radius 1 is 1.07 bits per heavy atom. The Balaban J connectivity index is 1.53. The maximum absolute atomic E-state index is 13.8. The molecule has 1 fully saturated rings. The Hall–Kier alpha value is -3.69. The Bertz CT molecular complexity index is 1320. The summed E-state index contributed by atoms with van der Waals surface area (Å²) in [5.41, 5.74) is -0.00554. The van der Waals surface area contributed by atoms with E-state index in [4.69, 9.17) is 10.1 Å². The molecule has 1 spiro atoms. The van der Waals surface area contributed by atoms with Crippen LogP contribution in [0.1, 0.15) is 79.9 Å². The molecule has 0 bridgehead atoms. The lowest BCUT2D eigenvalue weighted by atomic mass is 9.69. The molecule has 0 radical (unpaired) electrons. The Morgan fingerprint density at radius 3 is 2.32 bits per heavy atom. The number of carbonyl (C=O) groups is 3. The highest BCUT2D eigenvalue weighted by molar-refractivity contribution is 6.46. The quantitative estimate of drug-likeness (QED) is 0.424. The van der Waals surface area contributed by atoms with Crippen LogP contribution in [0.25, 0.3) is 0 Å². The number of halogens is 3. The number of alkyl halides is 3. The summed E-state index contributed by atoms with van der Waals surface area (Å²) in [6.45, 7) is 6.94. The van der Waals surface area contributed by atoms with Gasteiger partial charge in [-0.1, -0.05) is 45.0 Å². The Labute approximate surface area is 237 Å². The molecule has 2 aliphatic rings. The average Bonchev–Trinajstić information content (AvgIpc) is 3.17. The van der Waals surface area contributed by atoms with E-state index in [1.54, 1.807) is 29.2 Å². The van der Waals surface area contributed by atoms with Crippen molar-refractivity contribution in [2.45, 2.75) is 71.1 Å². The SMILES string of the molecule is CC(C)(C)C1CCC2(CC1)N=C(c1cccc(C(F)(F)F)c1)C(=O)N2CCc1ccc(C(=O)NCCC(=O)O)cc1. The molecule has 1 aliphatic carbocycles. The van der Waals surface area contributed by atoms with Gasteiger partial charge in [0.25, 0.3) is 11.8 Å². The molecular weight excluding hydrogens is 535 g/mol. The zero-order valence-electron chi connectivity index (χ0n) is 23.6. The highest BCUT2D eigenvalue weighted by Gasteiger charge is 2.50. The minimum Gasteiger partial charge on any atom is -0.481 e. The molecule has 0 aromatic heterocycles. The van der Waals surface area contributed by atoms with Crippen LogP contribution in [-0.2, 0) is 22.2 Å². The van der Waals surface area contributed by atoms with E-state index in [0.29, 0.717) is 37.3 Å². The summed E-state index contributed by atoms with van der Waals surface area (Å²) >= 11 is 0. The van der Waals surface area contributed by atoms with Crippen molar-refractivity contribution in [1.82, 2.24) is 10.2 Å². The number of hydrogen-bond donors (Lipinski definition) is 2. The number of aliphatic imine (C=N–C) groups is 1. The van der Waals surface area contributed by atoms with Crippen molar-refractivity contribution < 1.29 is 32.7 Å². The van der Waals surface area contributed by atoms with Gasteiger partial charge >= 0.3 is 12.1 Å². The zero-order valence-corrected chi connectivity index (χ0v) is 23.6. The van der Waals surface area contributed by atoms with Gasteiger partial charge in [0.05, 0.1) is 12.0 Å². The second-order valence-corrected chi connectivity index (χ2v) is 12.0. The second kappa shape index (κ2) is 11.7. The number of nitrogens with zero attached hydrogens (tertiary/aromatic N) is 2. The van der Waals surface area contributed by atoms with Gasteiger partial charge in [-0.2, -0.15) is 13.2 Å². The fraction of sp³-hybridized carbons (Fsp3) is 0.484. The third-order valence-corrected chi connectivity index (χ3v) is 8.21. The number of carboxylic acids is 1. The number of aliphatic carboxylic acids is 1. The van der Waals surface area contributed by atoms with E-state index in [2.05, 4.69) is 26.1 Å². The molecule has 0 atom stereocenters. The molecule has 41 heavy (non-hydrogen) atoms. The van der Waals surface area contributed by atoms with Gasteiger partial charge in [-0.05, 0) is 73.3 Å². The topological polar surface area (TPSA) is 99.1 Å². The lowest BCUT2D eigenvalue weighted by Crippen LogP contribution is -2.50. The van der Waals surface area contributed by atoms with E-state index < -0.39 is 23.4 Å². The number of hydrogen-bond acceptors (Lipinski definition) is 4. The van der Waals surface area contributed by atoms with Gasteiger partial charge < -0.3 is 15.3 Å². The first kappa shape index (κ1) is 30.3. The molecule has 7 nitrogen and oxygen atoms in total. The first-order chi connectivity index (χ1) is 19.2. The van der Waals surface area contributed by atoms with Crippen LogP contribution in [0.5, 0.6) is 0 Å². The molecule has 1 saturated carbocycles. The molecule has 1 aliphatic heterocycles. The molecule has 4 rings (SSSR count). The van der Waals surface area contributed by atoms with Crippen molar-refractivity contribution in [3.63, 3.8) is 0 Å². The Kier molecular flexibility index (Phi) is 8.61. The fourth-order valence-electron chi connectivity index (χ4n) is 5.75. The van der Waals surface area contributed by atoms with E-state index in [1.165, 1.54) is 12.1 Å². The lowest BCUT2D eigenvalue weighted by molar-refractivity contribution is -0.138. The summed E-state index contributed by atoms with van der Waals surface area (Å²) in [4.78, 5) is 43.3. The fourth-order valence-corrected chi connectivity index (χ4v) is 5.75. The predicted octanol–water partition coefficient (Wildman–Crippen LogP) is 5.72. The maximum atomic E-state index is 13.8. The van der Waals surface area contributed by atoms with Crippen molar-refractivity contribution in [2.75, 3.05) is 13.1 Å². The van der Waals surface area contributed by atoms with Gasteiger partial charge in [0.1, 0.15) is 11.4 Å². The van der Waals surface area contributed by atoms with Crippen molar-refractivity contribution in [3.8, 4) is 0 Å². The van der Waals surface area contributed by atoms with Crippen molar-refractivity contribution in [2.24, 2.45) is 16.3 Å². The molecule has 220 valence electrons. The summed E-state index contributed by atoms with van der Waals surface area (Å²) in [6, 6.07) is 11.6. The van der Waals surface area contributed by atoms with Crippen LogP contribution in [0, 0.1) is 11.3 Å². The number of carboxylic acid groups (broad SMARTS) is 1. The van der Waals surface area contributed by atoms with Crippen LogP contribution < -0.4 is 5.32 Å². The monoisotopic (exact) mass is 571 g/mol. The molecule has 1 heterocycles. The molecule has 0 unspecified atom stereocenters. The zero-order chi connectivity index (χ0) is 30.0. The second-order valence-electron chi connectivity index (χ2n) is 12.0. The standard InChI is InChI=1S/C31H36F3N3O4/c1-29(2,3)23-11-15-30(16-12-23)36-26(22-5-4-6-24(19-22)31(32,33)34)28(41)37(30)18-14-20-7-9-21(10-8-20)27(40)35-17-13-25(38)39/h4-10,19,23H,11-18H2,1-3H3,(H,35,40)(H,38,39). The summed E-state index contributed by atoms with van der Waals surface area (Å²) in [5.74, 6) is -1.29. The first-order valence-corrected chi connectivity index (χ1v) is 13.9. The van der Waals surface area contributed by atoms with Gasteiger partial charge in [-0.15, -0.1) is 0 Å². The molecular formula is C31H36F3N3O4. The van der Waals surface area contributed by atoms with E-state index in [-0.39, 0.29) is 41.5 Å². The number of benzene rings is 2. The van der Waals surface area contributed by atoms with Gasteiger partial charge in [0.2, 0.25) is 0 Å². The molecule has 2 aromatic rings. The molecule has 2 aromatic carbocycles. The van der Waals surface area contributed by atoms with Crippen molar-refractivity contribution in [3.05, 3.63) is 70.8 Å². The highest BCUT2D eigenvalue weighted by Crippen LogP contribution is 2.46.